The van der Waals surface area contributed by atoms with Crippen LogP contribution in [0.3, 0.4) is 0 Å². The average Bonchev–Trinajstić information content (AvgIpc) is 3.01. The smallest absolute Gasteiger partial charge is 0.305 e. The highest BCUT2D eigenvalue weighted by Crippen LogP contribution is 2.29. The van der Waals surface area contributed by atoms with Gasteiger partial charge in [-0.1, -0.05) is 54.6 Å². The number of ether oxygens (including phenoxy) is 1. The number of hydrogen-bond acceptors (Lipinski definition) is 5. The number of amides is 2. The van der Waals surface area contributed by atoms with Gasteiger partial charge in [0.05, 0.1) is 25.3 Å². The van der Waals surface area contributed by atoms with Crippen LogP contribution in [0.15, 0.2) is 91.0 Å². The highest BCUT2D eigenvalue weighted by molar-refractivity contribution is 6.06. The van der Waals surface area contributed by atoms with E-state index in [0.29, 0.717) is 48.4 Å². The maximum absolute atomic E-state index is 14.0. The highest BCUT2D eigenvalue weighted by Gasteiger charge is 2.24. The van der Waals surface area contributed by atoms with Gasteiger partial charge in [-0.25, -0.2) is 0 Å². The van der Waals surface area contributed by atoms with Crippen molar-refractivity contribution in [2.45, 2.75) is 33.2 Å². The summed E-state index contributed by atoms with van der Waals surface area (Å²) in [6, 6.07) is 27.8. The van der Waals surface area contributed by atoms with Crippen molar-refractivity contribution in [3.8, 4) is 16.9 Å². The lowest BCUT2D eigenvalue weighted by Gasteiger charge is -2.24. The first kappa shape index (κ1) is 31.0. The van der Waals surface area contributed by atoms with Gasteiger partial charge in [0, 0.05) is 37.0 Å². The zero-order valence-electron chi connectivity index (χ0n) is 24.8. The molecule has 4 rings (SSSR count). The van der Waals surface area contributed by atoms with Gasteiger partial charge < -0.3 is 19.6 Å². The zero-order valence-corrected chi connectivity index (χ0v) is 24.8. The second kappa shape index (κ2) is 14.8. The molecule has 43 heavy (non-hydrogen) atoms. The summed E-state index contributed by atoms with van der Waals surface area (Å²) in [4.78, 5) is 46.8. The molecule has 4 aromatic rings. The summed E-state index contributed by atoms with van der Waals surface area (Å²) in [6.07, 6.45) is 0.372. The summed E-state index contributed by atoms with van der Waals surface area (Å²) in [5.41, 5.74) is 4.77. The first-order valence-corrected chi connectivity index (χ1v) is 14.4. The van der Waals surface area contributed by atoms with Crippen molar-refractivity contribution in [1.82, 2.24) is 14.8 Å². The van der Waals surface area contributed by atoms with E-state index >= 15 is 0 Å². The lowest BCUT2D eigenvalue weighted by molar-refractivity contribution is -0.137. The monoisotopic (exact) mass is 579 g/mol. The van der Waals surface area contributed by atoms with Gasteiger partial charge in [0.1, 0.15) is 5.75 Å². The molecule has 0 saturated carbocycles. The number of carboxylic acid groups (broad SMARTS) is 1. The molecule has 8 nitrogen and oxygen atoms in total. The van der Waals surface area contributed by atoms with E-state index in [2.05, 4.69) is 4.98 Å². The fourth-order valence-corrected chi connectivity index (χ4v) is 4.92. The Hall–Kier alpha value is -4.98. The largest absolute Gasteiger partial charge is 0.494 e. The molecule has 8 heteroatoms. The lowest BCUT2D eigenvalue weighted by atomic mass is 9.94. The number of carbonyl (C=O) groups is 3. The number of pyridine rings is 1. The van der Waals surface area contributed by atoms with Gasteiger partial charge in [0.15, 0.2) is 0 Å². The van der Waals surface area contributed by atoms with Crippen LogP contribution in [0.4, 0.5) is 0 Å². The number of carboxylic acids is 1. The standard InChI is InChI=1S/C35H37N3O5/c1-4-43-28-18-16-26(17-19-28)20-22-38(23-21-33(39)40)35(42)32-15-8-6-13-30(32)29-12-5-7-14-31(29)34(41)37(3)24-27-11-9-10-25(2)36-27/h5-19H,4,20-24H2,1-3H3,(H,39,40). The number of carbonyl (C=O) groups excluding carboxylic acids is 2. The molecule has 3 aromatic carbocycles. The Morgan fingerprint density at radius 1 is 0.791 bits per heavy atom. The molecule has 1 heterocycles. The molecule has 0 fully saturated rings. The first-order valence-electron chi connectivity index (χ1n) is 14.4. The van der Waals surface area contributed by atoms with E-state index in [1.807, 2.05) is 80.6 Å². The van der Waals surface area contributed by atoms with Gasteiger partial charge in [0.25, 0.3) is 11.8 Å². The van der Waals surface area contributed by atoms with E-state index in [1.165, 1.54) is 0 Å². The number of aliphatic carboxylic acids is 1. The Morgan fingerprint density at radius 2 is 1.42 bits per heavy atom. The number of hydrogen-bond donors (Lipinski definition) is 1. The number of rotatable bonds is 13. The number of aryl methyl sites for hydroxylation is 1. The van der Waals surface area contributed by atoms with Crippen LogP contribution in [-0.4, -0.2) is 64.4 Å². The summed E-state index contributed by atoms with van der Waals surface area (Å²) in [7, 11) is 1.73. The predicted molar refractivity (Wildman–Crippen MR) is 166 cm³/mol. The summed E-state index contributed by atoms with van der Waals surface area (Å²) < 4.78 is 5.52. The second-order valence-corrected chi connectivity index (χ2v) is 10.3. The Kier molecular flexibility index (Phi) is 10.6. The first-order chi connectivity index (χ1) is 20.8. The molecule has 1 N–H and O–H groups in total. The van der Waals surface area contributed by atoms with E-state index in [1.54, 1.807) is 41.1 Å². The molecule has 222 valence electrons. The van der Waals surface area contributed by atoms with Gasteiger partial charge in [-0.3, -0.25) is 19.4 Å². The molecule has 2 amide bonds. The van der Waals surface area contributed by atoms with Crippen LogP contribution in [0, 0.1) is 6.92 Å². The Labute approximate surface area is 252 Å². The van der Waals surface area contributed by atoms with E-state index in [9.17, 15) is 19.5 Å². The van der Waals surface area contributed by atoms with Gasteiger partial charge in [-0.15, -0.1) is 0 Å². The zero-order chi connectivity index (χ0) is 30.8. The van der Waals surface area contributed by atoms with Gasteiger partial charge >= 0.3 is 5.97 Å². The summed E-state index contributed by atoms with van der Waals surface area (Å²) in [5.74, 6) is -0.691. The molecule has 0 atom stereocenters. The van der Waals surface area contributed by atoms with Gasteiger partial charge in [0.2, 0.25) is 0 Å². The Morgan fingerprint density at radius 3 is 2.02 bits per heavy atom. The van der Waals surface area contributed by atoms with Crippen molar-refractivity contribution >= 4 is 17.8 Å². The SMILES string of the molecule is CCOc1ccc(CCN(CCC(=O)O)C(=O)c2ccccc2-c2ccccc2C(=O)N(C)Cc2cccc(C)n2)cc1. The van der Waals surface area contributed by atoms with Crippen molar-refractivity contribution in [3.05, 3.63) is 119 Å². The number of benzene rings is 3. The lowest BCUT2D eigenvalue weighted by Crippen LogP contribution is -2.35. The van der Waals surface area contributed by atoms with E-state index in [4.69, 9.17) is 4.74 Å². The third-order valence-electron chi connectivity index (χ3n) is 7.08. The van der Waals surface area contributed by atoms with Crippen molar-refractivity contribution < 1.29 is 24.2 Å². The minimum atomic E-state index is -0.978. The van der Waals surface area contributed by atoms with Crippen molar-refractivity contribution in [2.75, 3.05) is 26.7 Å². The van der Waals surface area contributed by atoms with Crippen molar-refractivity contribution in [2.24, 2.45) is 0 Å². The van der Waals surface area contributed by atoms with Crippen LogP contribution in [0.1, 0.15) is 51.0 Å². The quantitative estimate of drug-likeness (QED) is 0.212. The molecule has 0 aliphatic rings. The molecule has 0 spiro atoms. The predicted octanol–water partition coefficient (Wildman–Crippen LogP) is 5.89. The van der Waals surface area contributed by atoms with Crippen LogP contribution in [-0.2, 0) is 17.8 Å². The Balaban J connectivity index is 1.61. The third-order valence-corrected chi connectivity index (χ3v) is 7.08. The van der Waals surface area contributed by atoms with Gasteiger partial charge in [-0.05, 0) is 73.4 Å². The normalized spacial score (nSPS) is 10.7. The van der Waals surface area contributed by atoms with Crippen LogP contribution in [0.25, 0.3) is 11.1 Å². The van der Waals surface area contributed by atoms with Crippen molar-refractivity contribution in [3.63, 3.8) is 0 Å². The van der Waals surface area contributed by atoms with Crippen LogP contribution in [0.2, 0.25) is 0 Å². The third kappa shape index (κ3) is 8.29. The van der Waals surface area contributed by atoms with Crippen molar-refractivity contribution in [1.29, 1.82) is 0 Å². The van der Waals surface area contributed by atoms with Crippen LogP contribution in [0.5, 0.6) is 5.75 Å². The van der Waals surface area contributed by atoms with E-state index in [-0.39, 0.29) is 24.8 Å². The molecule has 1 aromatic heterocycles. The Bertz CT molecular complexity index is 1570. The fourth-order valence-electron chi connectivity index (χ4n) is 4.92. The van der Waals surface area contributed by atoms with E-state index in [0.717, 1.165) is 22.7 Å². The molecule has 0 unspecified atom stereocenters. The minimum absolute atomic E-state index is 0.0618. The minimum Gasteiger partial charge on any atom is -0.494 e. The van der Waals surface area contributed by atoms with Crippen LogP contribution < -0.4 is 4.74 Å². The number of aromatic nitrogens is 1. The van der Waals surface area contributed by atoms with E-state index < -0.39 is 5.97 Å². The summed E-state index contributed by atoms with van der Waals surface area (Å²) in [5, 5.41) is 9.39. The summed E-state index contributed by atoms with van der Waals surface area (Å²) in [6.45, 7) is 5.14. The van der Waals surface area contributed by atoms with Crippen LogP contribution >= 0.6 is 0 Å². The molecule has 0 saturated heterocycles. The fraction of sp³-hybridized carbons (Fsp3) is 0.257. The topological polar surface area (TPSA) is 100 Å². The molecular weight excluding hydrogens is 542 g/mol. The number of nitrogens with zero attached hydrogens (tertiary/aromatic N) is 3. The average molecular weight is 580 g/mol. The molecule has 0 bridgehead atoms. The molecular formula is C35H37N3O5. The maximum atomic E-state index is 14.0. The molecule has 0 aliphatic carbocycles. The maximum Gasteiger partial charge on any atom is 0.305 e. The highest BCUT2D eigenvalue weighted by atomic mass is 16.5. The summed E-state index contributed by atoms with van der Waals surface area (Å²) >= 11 is 0. The molecule has 0 radical (unpaired) electrons. The second-order valence-electron chi connectivity index (χ2n) is 10.3. The van der Waals surface area contributed by atoms with Gasteiger partial charge in [-0.2, -0.15) is 0 Å². The molecule has 0 aliphatic heterocycles.